The van der Waals surface area contributed by atoms with Gasteiger partial charge in [0.25, 0.3) is 11.4 Å². The maximum Gasteiger partial charge on any atom is 0.404 e. The number of halogens is 1. The van der Waals surface area contributed by atoms with Gasteiger partial charge in [-0.15, -0.1) is 0 Å². The lowest BCUT2D eigenvalue weighted by atomic mass is 9.95. The Balaban J connectivity index is 1.87. The summed E-state index contributed by atoms with van der Waals surface area (Å²) >= 11 is 0. The fourth-order valence-corrected chi connectivity index (χ4v) is 4.39. The highest BCUT2D eigenvalue weighted by Crippen LogP contribution is 2.71. The van der Waals surface area contributed by atoms with E-state index in [0.717, 1.165) is 26.1 Å². The number of nitrogens with zero attached hydrogens (tertiary/aromatic N) is 1. The molecule has 0 radical (unpaired) electrons. The van der Waals surface area contributed by atoms with Gasteiger partial charge in [0.1, 0.15) is 11.6 Å². The SMILES string of the molecule is CC(NP(=O)(O)OC1[C@]2(O)[C@@](C)(O)[C@H](n3ccc(=O)[nH]c3=O)O[C@]12F)C(=O)O. The van der Waals surface area contributed by atoms with Crippen LogP contribution in [0.15, 0.2) is 21.9 Å². The summed E-state index contributed by atoms with van der Waals surface area (Å²) in [7, 11) is -4.94. The Labute approximate surface area is 154 Å². The number of nitrogens with one attached hydrogen (secondary N) is 2. The predicted octanol–water partition coefficient (Wildman–Crippen LogP) is -2.22. The lowest BCUT2D eigenvalue weighted by Crippen LogP contribution is -2.51. The number of hydrogen-bond donors (Lipinski definition) is 6. The van der Waals surface area contributed by atoms with Crippen LogP contribution in [0.3, 0.4) is 0 Å². The number of carbonyl (C=O) groups is 1. The Kier molecular flexibility index (Phi) is 4.48. The number of aromatic nitrogens is 2. The molecule has 13 nitrogen and oxygen atoms in total. The Morgan fingerprint density at radius 1 is 1.50 bits per heavy atom. The average Bonchev–Trinajstić information content (AvgIpc) is 2.94. The Hall–Kier alpha value is -1.93. The molecule has 0 amide bonds. The van der Waals surface area contributed by atoms with Crippen molar-refractivity contribution in [2.24, 2.45) is 0 Å². The monoisotopic (exact) mass is 425 g/mol. The molecule has 7 atom stereocenters. The van der Waals surface area contributed by atoms with E-state index >= 15 is 4.39 Å². The third-order valence-corrected chi connectivity index (χ3v) is 5.98. The van der Waals surface area contributed by atoms with Crippen LogP contribution in [0.5, 0.6) is 0 Å². The van der Waals surface area contributed by atoms with Crippen LogP contribution in [-0.4, -0.2) is 64.9 Å². The van der Waals surface area contributed by atoms with Crippen LogP contribution in [0.2, 0.25) is 0 Å². The molecular weight excluding hydrogens is 408 g/mol. The summed E-state index contributed by atoms with van der Waals surface area (Å²) in [6, 6.07) is -0.652. The number of carboxylic acids is 1. The van der Waals surface area contributed by atoms with Crippen molar-refractivity contribution in [3.05, 3.63) is 33.1 Å². The smallest absolute Gasteiger partial charge is 0.404 e. The number of hydrogen-bond acceptors (Lipinski definition) is 8. The molecule has 1 aliphatic carbocycles. The summed E-state index contributed by atoms with van der Waals surface area (Å²) in [5.41, 5.74) is -7.24. The van der Waals surface area contributed by atoms with Gasteiger partial charge in [0, 0.05) is 12.3 Å². The Morgan fingerprint density at radius 3 is 2.57 bits per heavy atom. The van der Waals surface area contributed by atoms with Gasteiger partial charge in [-0.25, -0.2) is 18.8 Å². The molecule has 6 N–H and O–H groups in total. The molecule has 15 heteroatoms. The van der Waals surface area contributed by atoms with Crippen molar-refractivity contribution in [2.45, 2.75) is 49.3 Å². The van der Waals surface area contributed by atoms with Gasteiger partial charge in [-0.05, 0) is 13.8 Å². The number of fused-ring (bicyclic) bond motifs is 1. The average molecular weight is 425 g/mol. The van der Waals surface area contributed by atoms with E-state index in [2.05, 4.69) is 4.52 Å². The van der Waals surface area contributed by atoms with Gasteiger partial charge >= 0.3 is 19.4 Å². The number of H-pyrrole nitrogens is 1. The molecule has 0 bridgehead atoms. The first-order valence-electron chi connectivity index (χ1n) is 7.82. The summed E-state index contributed by atoms with van der Waals surface area (Å²) in [6.07, 6.45) is -3.08. The molecule has 0 spiro atoms. The third-order valence-electron chi connectivity index (χ3n) is 4.77. The van der Waals surface area contributed by atoms with Gasteiger partial charge in [-0.3, -0.25) is 23.7 Å². The van der Waals surface area contributed by atoms with Crippen molar-refractivity contribution in [3.63, 3.8) is 0 Å². The summed E-state index contributed by atoms with van der Waals surface area (Å²) in [6.45, 7) is 1.92. The highest BCUT2D eigenvalue weighted by molar-refractivity contribution is 7.50. The van der Waals surface area contributed by atoms with E-state index in [9.17, 15) is 34.1 Å². The molecule has 1 saturated carbocycles. The van der Waals surface area contributed by atoms with E-state index in [1.807, 2.05) is 4.98 Å². The minimum atomic E-state index is -4.94. The zero-order chi connectivity index (χ0) is 21.3. The van der Waals surface area contributed by atoms with E-state index < -0.39 is 60.4 Å². The summed E-state index contributed by atoms with van der Waals surface area (Å²) in [4.78, 5) is 45.3. The quantitative estimate of drug-likeness (QED) is 0.270. The number of carboxylic acid groups (broad SMARTS) is 1. The first-order valence-corrected chi connectivity index (χ1v) is 9.40. The van der Waals surface area contributed by atoms with E-state index in [-0.39, 0.29) is 0 Å². The molecule has 2 aliphatic rings. The lowest BCUT2D eigenvalue weighted by Gasteiger charge is -2.32. The fraction of sp³-hybridized carbons (Fsp3) is 0.615. The van der Waals surface area contributed by atoms with E-state index in [1.54, 1.807) is 5.09 Å². The molecule has 3 rings (SSSR count). The topological polar surface area (TPSA) is 200 Å². The van der Waals surface area contributed by atoms with E-state index in [0.29, 0.717) is 4.57 Å². The van der Waals surface area contributed by atoms with Crippen LogP contribution in [0.4, 0.5) is 4.39 Å². The normalized spacial score (nSPS) is 39.8. The molecule has 28 heavy (non-hydrogen) atoms. The second kappa shape index (κ2) is 6.03. The third kappa shape index (κ3) is 2.76. The van der Waals surface area contributed by atoms with Crippen molar-refractivity contribution in [1.82, 2.24) is 14.6 Å². The van der Waals surface area contributed by atoms with Gasteiger partial charge in [0.05, 0.1) is 0 Å². The molecule has 2 heterocycles. The predicted molar refractivity (Wildman–Crippen MR) is 85.8 cm³/mol. The second-order valence-corrected chi connectivity index (χ2v) is 8.25. The van der Waals surface area contributed by atoms with Gasteiger partial charge in [-0.1, -0.05) is 0 Å². The molecule has 1 saturated heterocycles. The number of rotatable bonds is 6. The highest BCUT2D eigenvalue weighted by atomic mass is 31.2. The number of aliphatic hydroxyl groups is 2. The van der Waals surface area contributed by atoms with Crippen molar-refractivity contribution < 1.29 is 43.2 Å². The second-order valence-electron chi connectivity index (χ2n) is 6.74. The van der Waals surface area contributed by atoms with Crippen LogP contribution in [0, 0.1) is 0 Å². The number of ether oxygens (including phenoxy) is 1. The maximum atomic E-state index is 15.1. The molecule has 1 aromatic rings. The summed E-state index contributed by atoms with van der Waals surface area (Å²) in [5.74, 6) is -4.69. The molecule has 156 valence electrons. The van der Waals surface area contributed by atoms with Gasteiger partial charge in [-0.2, -0.15) is 0 Å². The first-order chi connectivity index (χ1) is 12.7. The lowest BCUT2D eigenvalue weighted by molar-refractivity contribution is -0.180. The minimum Gasteiger partial charge on any atom is -0.480 e. The summed E-state index contributed by atoms with van der Waals surface area (Å²) < 4.78 is 37.2. The van der Waals surface area contributed by atoms with Crippen molar-refractivity contribution in [3.8, 4) is 0 Å². The zero-order valence-electron chi connectivity index (χ0n) is 14.4. The van der Waals surface area contributed by atoms with Crippen LogP contribution >= 0.6 is 7.75 Å². The highest BCUT2D eigenvalue weighted by Gasteiger charge is 2.95. The number of aliphatic carboxylic acids is 1. The molecule has 3 unspecified atom stereocenters. The standard InChI is InChI=1S/C13H17FN3O10P/c1-5(7(19)20)16-28(24,25)27-8-12(23)11(2,22)9(26-13(8,12)14)17-4-3-6(18)15-10(17)21/h3-5,8-9,22-23H,1-2H3,(H,19,20)(H,15,18,21)(H2,16,24,25)/t5?,8?,9-,11+,12+,13-/m1/s1. The van der Waals surface area contributed by atoms with E-state index in [4.69, 9.17) is 9.84 Å². The van der Waals surface area contributed by atoms with Crippen LogP contribution in [-0.2, 0) is 18.6 Å². The molecule has 0 aromatic carbocycles. The van der Waals surface area contributed by atoms with Crippen molar-refractivity contribution >= 4 is 13.7 Å². The fourth-order valence-electron chi connectivity index (χ4n) is 3.15. The molecule has 2 fully saturated rings. The Morgan fingerprint density at radius 2 is 2.11 bits per heavy atom. The summed E-state index contributed by atoms with van der Waals surface area (Å²) in [5, 5.41) is 31.7. The first kappa shape index (κ1) is 20.8. The Bertz CT molecular complexity index is 993. The van der Waals surface area contributed by atoms with Gasteiger partial charge < -0.3 is 24.9 Å². The number of alkyl halides is 1. The number of aromatic amines is 1. The van der Waals surface area contributed by atoms with Crippen molar-refractivity contribution in [2.75, 3.05) is 0 Å². The van der Waals surface area contributed by atoms with Crippen LogP contribution in [0.1, 0.15) is 20.1 Å². The largest absolute Gasteiger partial charge is 0.480 e. The zero-order valence-corrected chi connectivity index (χ0v) is 15.3. The molecule has 1 aromatic heterocycles. The van der Waals surface area contributed by atoms with Crippen molar-refractivity contribution in [1.29, 1.82) is 0 Å². The molecular formula is C13H17FN3O10P. The maximum absolute atomic E-state index is 15.1. The van der Waals surface area contributed by atoms with Crippen LogP contribution < -0.4 is 16.3 Å². The van der Waals surface area contributed by atoms with Crippen LogP contribution in [0.25, 0.3) is 0 Å². The minimum absolute atomic E-state index is 0.618. The van der Waals surface area contributed by atoms with E-state index in [1.165, 1.54) is 0 Å². The van der Waals surface area contributed by atoms with Gasteiger partial charge in [0.2, 0.25) is 0 Å². The molecule has 1 aliphatic heterocycles. The van der Waals surface area contributed by atoms with Gasteiger partial charge in [0.15, 0.2) is 17.9 Å².